The third-order valence-corrected chi connectivity index (χ3v) is 6.16. The smallest absolute Gasteiger partial charge is 0.408 e. The monoisotopic (exact) mass is 518 g/mol. The molecular formula is C28H46N4O5. The first-order valence-electron chi connectivity index (χ1n) is 13.0. The largest absolute Gasteiger partial charge is 0.444 e. The molecule has 1 aromatic carbocycles. The highest BCUT2D eigenvalue weighted by Gasteiger charge is 2.43. The predicted molar refractivity (Wildman–Crippen MR) is 145 cm³/mol. The molecule has 37 heavy (non-hydrogen) atoms. The fraction of sp³-hybridized carbons (Fsp3) is 0.643. The fourth-order valence-corrected chi connectivity index (χ4v) is 3.96. The maximum absolute atomic E-state index is 14.2. The number of hydrogen-bond donors (Lipinski definition) is 3. The first-order chi connectivity index (χ1) is 17.0. The molecule has 0 radical (unpaired) electrons. The van der Waals surface area contributed by atoms with Gasteiger partial charge in [-0.25, -0.2) is 4.79 Å². The Hall–Kier alpha value is -3.10. The van der Waals surface area contributed by atoms with Crippen molar-refractivity contribution in [1.29, 1.82) is 0 Å². The minimum absolute atomic E-state index is 0.103. The van der Waals surface area contributed by atoms with Crippen molar-refractivity contribution >= 4 is 23.8 Å². The topological polar surface area (TPSA) is 131 Å². The average molecular weight is 519 g/mol. The molecule has 0 saturated carbocycles. The normalized spacial score (nSPS) is 14.2. The fourth-order valence-electron chi connectivity index (χ4n) is 3.96. The van der Waals surface area contributed by atoms with Crippen molar-refractivity contribution in [2.75, 3.05) is 0 Å². The highest BCUT2D eigenvalue weighted by atomic mass is 16.6. The molecule has 1 aromatic rings. The summed E-state index contributed by atoms with van der Waals surface area (Å²) in [5.74, 6) is -1.70. The third-order valence-electron chi connectivity index (χ3n) is 6.16. The zero-order valence-electron chi connectivity index (χ0n) is 23.9. The number of nitrogens with one attached hydrogen (secondary N) is 2. The maximum Gasteiger partial charge on any atom is 0.408 e. The number of benzene rings is 1. The van der Waals surface area contributed by atoms with Crippen molar-refractivity contribution in [3.05, 3.63) is 35.4 Å². The molecule has 9 heteroatoms. The van der Waals surface area contributed by atoms with Crippen LogP contribution in [0.15, 0.2) is 24.3 Å². The Morgan fingerprint density at radius 2 is 1.57 bits per heavy atom. The molecule has 0 aliphatic heterocycles. The third kappa shape index (κ3) is 10.1. The SMILES string of the molecule is CCCC(C)NC(=O)C(c1ccc(C)cc1)N(C(=O)C(CC(N)=O)NC(=O)OC(C)(C)C)C(C)(C)CC. The van der Waals surface area contributed by atoms with E-state index in [-0.39, 0.29) is 11.9 Å². The Bertz CT molecular complexity index is 937. The number of rotatable bonds is 12. The first kappa shape index (κ1) is 31.9. The summed E-state index contributed by atoms with van der Waals surface area (Å²) in [6, 6.07) is 4.98. The van der Waals surface area contributed by atoms with Gasteiger partial charge in [0.1, 0.15) is 17.7 Å². The van der Waals surface area contributed by atoms with Crippen molar-refractivity contribution < 1.29 is 23.9 Å². The van der Waals surface area contributed by atoms with Crippen LogP contribution in [0.5, 0.6) is 0 Å². The van der Waals surface area contributed by atoms with Gasteiger partial charge in [-0.1, -0.05) is 50.1 Å². The molecule has 3 unspecified atom stereocenters. The van der Waals surface area contributed by atoms with Gasteiger partial charge in [0.15, 0.2) is 0 Å². The summed E-state index contributed by atoms with van der Waals surface area (Å²) in [5, 5.41) is 5.55. The summed E-state index contributed by atoms with van der Waals surface area (Å²) in [6.45, 7) is 16.6. The number of nitrogens with zero attached hydrogens (tertiary/aromatic N) is 1. The molecule has 9 nitrogen and oxygen atoms in total. The van der Waals surface area contributed by atoms with Gasteiger partial charge in [-0.15, -0.1) is 0 Å². The lowest BCUT2D eigenvalue weighted by Gasteiger charge is -2.44. The van der Waals surface area contributed by atoms with Crippen LogP contribution in [0.3, 0.4) is 0 Å². The van der Waals surface area contributed by atoms with Gasteiger partial charge < -0.3 is 26.0 Å². The quantitative estimate of drug-likeness (QED) is 0.383. The summed E-state index contributed by atoms with van der Waals surface area (Å²) in [6.07, 6.45) is 0.883. The zero-order chi connectivity index (χ0) is 28.6. The predicted octanol–water partition coefficient (Wildman–Crippen LogP) is 4.13. The van der Waals surface area contributed by atoms with Crippen LogP contribution in [0, 0.1) is 6.92 Å². The highest BCUT2D eigenvalue weighted by Crippen LogP contribution is 2.33. The van der Waals surface area contributed by atoms with Gasteiger partial charge >= 0.3 is 6.09 Å². The maximum atomic E-state index is 14.2. The molecule has 0 saturated heterocycles. The summed E-state index contributed by atoms with van der Waals surface area (Å²) in [7, 11) is 0. The summed E-state index contributed by atoms with van der Waals surface area (Å²) in [5.41, 5.74) is 5.46. The number of primary amides is 1. The molecule has 4 amide bonds. The molecular weight excluding hydrogens is 472 g/mol. The van der Waals surface area contributed by atoms with E-state index in [4.69, 9.17) is 10.5 Å². The van der Waals surface area contributed by atoms with Crippen molar-refractivity contribution in [1.82, 2.24) is 15.5 Å². The van der Waals surface area contributed by atoms with E-state index in [1.165, 1.54) is 4.90 Å². The molecule has 0 bridgehead atoms. The second kappa shape index (κ2) is 13.4. The van der Waals surface area contributed by atoms with Crippen LogP contribution in [0.25, 0.3) is 0 Å². The van der Waals surface area contributed by atoms with Crippen LogP contribution in [-0.4, -0.2) is 51.9 Å². The number of aryl methyl sites for hydroxylation is 1. The van der Waals surface area contributed by atoms with E-state index in [0.717, 1.165) is 18.4 Å². The van der Waals surface area contributed by atoms with Gasteiger partial charge in [0, 0.05) is 11.6 Å². The Kier molecular flexibility index (Phi) is 11.6. The minimum atomic E-state index is -1.31. The van der Waals surface area contributed by atoms with E-state index in [1.54, 1.807) is 20.8 Å². The second-order valence-corrected chi connectivity index (χ2v) is 11.3. The summed E-state index contributed by atoms with van der Waals surface area (Å²) >= 11 is 0. The molecule has 0 aliphatic carbocycles. The van der Waals surface area contributed by atoms with Crippen LogP contribution in [0.1, 0.15) is 98.2 Å². The number of alkyl carbamates (subject to hydrolysis) is 1. The molecule has 0 spiro atoms. The Labute approximate surface area is 221 Å². The van der Waals surface area contributed by atoms with E-state index in [0.29, 0.717) is 12.0 Å². The van der Waals surface area contributed by atoms with E-state index < -0.39 is 47.6 Å². The number of amides is 4. The molecule has 0 fully saturated rings. The molecule has 0 aromatic heterocycles. The van der Waals surface area contributed by atoms with E-state index >= 15 is 0 Å². The van der Waals surface area contributed by atoms with Gasteiger partial charge in [-0.2, -0.15) is 0 Å². The molecule has 3 atom stereocenters. The van der Waals surface area contributed by atoms with Gasteiger partial charge in [-0.3, -0.25) is 14.4 Å². The van der Waals surface area contributed by atoms with Crippen LogP contribution in [0.4, 0.5) is 4.79 Å². The van der Waals surface area contributed by atoms with Crippen LogP contribution < -0.4 is 16.4 Å². The molecule has 4 N–H and O–H groups in total. The Balaban J connectivity index is 3.63. The van der Waals surface area contributed by atoms with Crippen LogP contribution in [-0.2, 0) is 19.1 Å². The first-order valence-corrected chi connectivity index (χ1v) is 13.0. The van der Waals surface area contributed by atoms with Crippen molar-refractivity contribution in [2.24, 2.45) is 5.73 Å². The number of hydrogen-bond acceptors (Lipinski definition) is 5. The van der Waals surface area contributed by atoms with Gasteiger partial charge in [-0.05, 0) is 66.9 Å². The van der Waals surface area contributed by atoms with Gasteiger partial charge in [0.2, 0.25) is 17.7 Å². The number of nitrogens with two attached hydrogens (primary N) is 1. The van der Waals surface area contributed by atoms with Crippen LogP contribution >= 0.6 is 0 Å². The number of ether oxygens (including phenoxy) is 1. The van der Waals surface area contributed by atoms with Crippen molar-refractivity contribution in [3.8, 4) is 0 Å². The van der Waals surface area contributed by atoms with Gasteiger partial charge in [0.25, 0.3) is 0 Å². The molecule has 0 heterocycles. The van der Waals surface area contributed by atoms with E-state index in [9.17, 15) is 19.2 Å². The Morgan fingerprint density at radius 3 is 2.03 bits per heavy atom. The Morgan fingerprint density at radius 1 is 1.00 bits per heavy atom. The number of carbonyl (C=O) groups excluding carboxylic acids is 4. The molecule has 1 rings (SSSR count). The lowest BCUT2D eigenvalue weighted by Crippen LogP contribution is -2.60. The number of carbonyl (C=O) groups is 4. The lowest BCUT2D eigenvalue weighted by atomic mass is 9.91. The van der Waals surface area contributed by atoms with Crippen LogP contribution in [0.2, 0.25) is 0 Å². The van der Waals surface area contributed by atoms with E-state index in [1.807, 2.05) is 65.8 Å². The van der Waals surface area contributed by atoms with E-state index in [2.05, 4.69) is 10.6 Å². The standard InChI is InChI=1S/C28H46N4O5/c1-10-12-19(4)30-24(34)23(20-15-13-18(3)14-16-20)32(28(8,9)11-2)25(35)21(17-22(29)33)31-26(36)37-27(5,6)7/h13-16,19,21,23H,10-12,17H2,1-9H3,(H2,29,33)(H,30,34)(H,31,36). The summed E-state index contributed by atoms with van der Waals surface area (Å²) in [4.78, 5) is 53.9. The molecule has 208 valence electrons. The van der Waals surface area contributed by atoms with Crippen molar-refractivity contribution in [3.63, 3.8) is 0 Å². The minimum Gasteiger partial charge on any atom is -0.444 e. The van der Waals surface area contributed by atoms with Crippen molar-refractivity contribution in [2.45, 2.75) is 117 Å². The average Bonchev–Trinajstić information content (AvgIpc) is 2.75. The highest BCUT2D eigenvalue weighted by molar-refractivity contribution is 5.95. The zero-order valence-corrected chi connectivity index (χ0v) is 23.9. The summed E-state index contributed by atoms with van der Waals surface area (Å²) < 4.78 is 5.32. The molecule has 0 aliphatic rings. The van der Waals surface area contributed by atoms with Gasteiger partial charge in [0.05, 0.1) is 6.42 Å². The lowest BCUT2D eigenvalue weighted by molar-refractivity contribution is -0.150. The second-order valence-electron chi connectivity index (χ2n) is 11.3.